The van der Waals surface area contributed by atoms with E-state index >= 15 is 0 Å². The molecule has 2 saturated carbocycles. The van der Waals surface area contributed by atoms with Crippen LogP contribution in [0.2, 0.25) is 0 Å². The molecule has 0 radical (unpaired) electrons. The Morgan fingerprint density at radius 1 is 1.26 bits per heavy atom. The molecule has 0 bridgehead atoms. The van der Waals surface area contributed by atoms with Crippen LogP contribution in [0.1, 0.15) is 65.7 Å². The molecular weight excluding hydrogens is 284 g/mol. The molecule has 128 valence electrons. The maximum Gasteiger partial charge on any atom is 0.311 e. The van der Waals surface area contributed by atoms with E-state index in [0.29, 0.717) is 11.8 Å². The van der Waals surface area contributed by atoms with Crippen LogP contribution in [0.5, 0.6) is 0 Å². The van der Waals surface area contributed by atoms with Crippen molar-refractivity contribution < 1.29 is 9.53 Å². The highest BCUT2D eigenvalue weighted by atomic mass is 16.5. The second-order valence-electron chi connectivity index (χ2n) is 8.77. The van der Waals surface area contributed by atoms with Crippen molar-refractivity contribution in [1.82, 2.24) is 0 Å². The molecule has 0 amide bonds. The normalized spacial score (nSPS) is 46.2. The van der Waals surface area contributed by atoms with Crippen molar-refractivity contribution in [2.24, 2.45) is 28.1 Å². The van der Waals surface area contributed by atoms with Gasteiger partial charge in [0, 0.05) is 0 Å². The molecule has 3 rings (SSSR count). The van der Waals surface area contributed by atoms with Gasteiger partial charge in [-0.15, -0.1) is 6.58 Å². The smallest absolute Gasteiger partial charge is 0.311 e. The van der Waals surface area contributed by atoms with E-state index in [2.05, 4.69) is 39.5 Å². The zero-order valence-corrected chi connectivity index (χ0v) is 15.3. The number of ether oxygens (including phenoxy) is 1. The van der Waals surface area contributed by atoms with Gasteiger partial charge in [-0.25, -0.2) is 0 Å². The van der Waals surface area contributed by atoms with Crippen molar-refractivity contribution in [3.8, 4) is 0 Å². The average Bonchev–Trinajstić information content (AvgIpc) is 2.54. The van der Waals surface area contributed by atoms with Gasteiger partial charge in [-0.3, -0.25) is 4.79 Å². The van der Waals surface area contributed by atoms with E-state index in [1.807, 2.05) is 0 Å². The number of allylic oxidation sites excluding steroid dienone is 3. The molecule has 3 aliphatic carbocycles. The molecule has 2 nitrogen and oxygen atoms in total. The number of hydrogen-bond acceptors (Lipinski definition) is 2. The Hall–Kier alpha value is -1.05. The highest BCUT2D eigenvalue weighted by molar-refractivity contribution is 5.77. The van der Waals surface area contributed by atoms with Gasteiger partial charge in [0.15, 0.2) is 0 Å². The lowest BCUT2D eigenvalue weighted by Crippen LogP contribution is -2.54. The number of methoxy groups -OCH3 is 1. The van der Waals surface area contributed by atoms with Crippen LogP contribution < -0.4 is 0 Å². The van der Waals surface area contributed by atoms with Crippen LogP contribution in [0, 0.1) is 28.1 Å². The number of esters is 1. The molecule has 23 heavy (non-hydrogen) atoms. The van der Waals surface area contributed by atoms with E-state index in [1.54, 1.807) is 12.7 Å². The number of rotatable bonds is 2. The molecule has 0 aromatic heterocycles. The Kier molecular flexibility index (Phi) is 4.01. The summed E-state index contributed by atoms with van der Waals surface area (Å²) in [6, 6.07) is 0. The summed E-state index contributed by atoms with van der Waals surface area (Å²) in [5.74, 6) is 1.01. The molecule has 0 N–H and O–H groups in total. The summed E-state index contributed by atoms with van der Waals surface area (Å²) in [5, 5.41) is 0. The van der Waals surface area contributed by atoms with Crippen LogP contribution in [-0.4, -0.2) is 13.1 Å². The minimum Gasteiger partial charge on any atom is -0.469 e. The van der Waals surface area contributed by atoms with Crippen molar-refractivity contribution in [1.29, 1.82) is 0 Å². The van der Waals surface area contributed by atoms with Gasteiger partial charge in [-0.1, -0.05) is 38.0 Å². The molecule has 5 atom stereocenters. The van der Waals surface area contributed by atoms with Crippen LogP contribution in [-0.2, 0) is 9.53 Å². The summed E-state index contributed by atoms with van der Waals surface area (Å²) in [7, 11) is 1.54. The van der Waals surface area contributed by atoms with E-state index in [1.165, 1.54) is 19.3 Å². The second kappa shape index (κ2) is 5.50. The lowest BCUT2D eigenvalue weighted by molar-refractivity contribution is -0.164. The maximum absolute atomic E-state index is 12.6. The zero-order valence-electron chi connectivity index (χ0n) is 15.3. The van der Waals surface area contributed by atoms with Crippen molar-refractivity contribution in [3.63, 3.8) is 0 Å². The predicted molar refractivity (Wildman–Crippen MR) is 93.9 cm³/mol. The third-order valence-electron chi connectivity index (χ3n) is 7.67. The minimum atomic E-state index is -0.324. The van der Waals surface area contributed by atoms with Gasteiger partial charge >= 0.3 is 5.97 Å². The largest absolute Gasteiger partial charge is 0.469 e. The van der Waals surface area contributed by atoms with Crippen molar-refractivity contribution in [2.45, 2.75) is 65.7 Å². The van der Waals surface area contributed by atoms with Crippen LogP contribution in [0.15, 0.2) is 24.3 Å². The molecule has 2 heteroatoms. The lowest BCUT2D eigenvalue weighted by Gasteiger charge is -2.59. The molecule has 0 heterocycles. The number of carbonyl (C=O) groups excluding carboxylic acids is 1. The standard InChI is InChI=1S/C21H32O2/c1-6-19(2)12-7-9-16-15(19)10-11-17-20(16,3)13-8-14-21(17,4)18(22)23-5/h6,9,15,17H,1,7-8,10-14H2,2-5H3/t15-,17+,19+,20+,21-/m1/s1. The fourth-order valence-electron chi connectivity index (χ4n) is 6.24. The van der Waals surface area contributed by atoms with E-state index in [9.17, 15) is 4.79 Å². The third kappa shape index (κ3) is 2.24. The van der Waals surface area contributed by atoms with Crippen LogP contribution in [0.25, 0.3) is 0 Å². The Morgan fingerprint density at radius 3 is 2.65 bits per heavy atom. The Balaban J connectivity index is 2.03. The Labute approximate surface area is 141 Å². The molecule has 0 aromatic rings. The van der Waals surface area contributed by atoms with Gasteiger partial charge in [-0.05, 0) is 68.1 Å². The summed E-state index contributed by atoms with van der Waals surface area (Å²) in [6.07, 6.45) is 12.7. The van der Waals surface area contributed by atoms with Gasteiger partial charge in [0.05, 0.1) is 12.5 Å². The van der Waals surface area contributed by atoms with Crippen molar-refractivity contribution in [3.05, 3.63) is 24.3 Å². The second-order valence-corrected chi connectivity index (χ2v) is 8.77. The fourth-order valence-corrected chi connectivity index (χ4v) is 6.24. The summed E-state index contributed by atoms with van der Waals surface area (Å²) in [6.45, 7) is 11.1. The van der Waals surface area contributed by atoms with Crippen LogP contribution in [0.3, 0.4) is 0 Å². The minimum absolute atomic E-state index is 0.00485. The van der Waals surface area contributed by atoms with E-state index in [-0.39, 0.29) is 22.2 Å². The summed E-state index contributed by atoms with van der Waals surface area (Å²) >= 11 is 0. The SMILES string of the molecule is C=C[C@@]1(C)CCC=C2[C@H]1CC[C@@H]1[C@](C)(C(=O)OC)CCC[C@@]21C. The first-order valence-electron chi connectivity index (χ1n) is 9.24. The molecule has 0 unspecified atom stereocenters. The zero-order chi connectivity index (χ0) is 16.9. The Bertz CT molecular complexity index is 548. The van der Waals surface area contributed by atoms with Crippen molar-refractivity contribution in [2.75, 3.05) is 7.11 Å². The van der Waals surface area contributed by atoms with Gasteiger partial charge in [0.2, 0.25) is 0 Å². The highest BCUT2D eigenvalue weighted by Crippen LogP contribution is 2.65. The van der Waals surface area contributed by atoms with Crippen LogP contribution in [0.4, 0.5) is 0 Å². The van der Waals surface area contributed by atoms with Gasteiger partial charge in [-0.2, -0.15) is 0 Å². The number of carbonyl (C=O) groups is 1. The van der Waals surface area contributed by atoms with E-state index in [4.69, 9.17) is 4.74 Å². The summed E-state index contributed by atoms with van der Waals surface area (Å²) in [4.78, 5) is 12.6. The van der Waals surface area contributed by atoms with E-state index < -0.39 is 0 Å². The van der Waals surface area contributed by atoms with Gasteiger partial charge < -0.3 is 4.74 Å². The third-order valence-corrected chi connectivity index (χ3v) is 7.67. The molecule has 0 spiro atoms. The molecule has 0 aliphatic heterocycles. The predicted octanol–water partition coefficient (Wildman–Crippen LogP) is 5.29. The first kappa shape index (κ1) is 16.8. The fraction of sp³-hybridized carbons (Fsp3) is 0.762. The van der Waals surface area contributed by atoms with E-state index in [0.717, 1.165) is 25.7 Å². The number of hydrogen-bond donors (Lipinski definition) is 0. The molecular formula is C21H32O2. The maximum atomic E-state index is 12.6. The number of fused-ring (bicyclic) bond motifs is 3. The van der Waals surface area contributed by atoms with Crippen molar-refractivity contribution >= 4 is 5.97 Å². The average molecular weight is 316 g/mol. The Morgan fingerprint density at radius 2 is 2.00 bits per heavy atom. The summed E-state index contributed by atoms with van der Waals surface area (Å²) in [5.41, 5.74) is 1.67. The van der Waals surface area contributed by atoms with Gasteiger partial charge in [0.25, 0.3) is 0 Å². The topological polar surface area (TPSA) is 26.3 Å². The quantitative estimate of drug-likeness (QED) is 0.511. The van der Waals surface area contributed by atoms with Crippen LogP contribution >= 0.6 is 0 Å². The highest BCUT2D eigenvalue weighted by Gasteiger charge is 2.59. The van der Waals surface area contributed by atoms with Gasteiger partial charge in [0.1, 0.15) is 0 Å². The summed E-state index contributed by atoms with van der Waals surface area (Å²) < 4.78 is 5.21. The first-order valence-corrected chi connectivity index (χ1v) is 9.24. The molecule has 2 fully saturated rings. The monoisotopic (exact) mass is 316 g/mol. The lowest BCUT2D eigenvalue weighted by atomic mass is 9.44. The first-order chi connectivity index (χ1) is 10.8. The molecule has 0 saturated heterocycles. The molecule has 0 aromatic carbocycles. The molecule has 3 aliphatic rings.